The van der Waals surface area contributed by atoms with E-state index in [1.54, 1.807) is 4.90 Å². The van der Waals surface area contributed by atoms with E-state index in [1.165, 1.54) is 17.8 Å². The number of piperidine rings is 1. The van der Waals surface area contributed by atoms with E-state index < -0.39 is 11.2 Å². The second-order valence-electron chi connectivity index (χ2n) is 7.58. The molecule has 30 heavy (non-hydrogen) atoms. The summed E-state index contributed by atoms with van der Waals surface area (Å²) in [5.41, 5.74) is 0.955. The van der Waals surface area contributed by atoms with E-state index in [2.05, 4.69) is 21.2 Å². The van der Waals surface area contributed by atoms with Crippen LogP contribution in [0, 0.1) is 0 Å². The molecule has 3 heterocycles. The van der Waals surface area contributed by atoms with Crippen LogP contribution in [0.5, 0.6) is 0 Å². The number of rotatable bonds is 3. The quantitative estimate of drug-likeness (QED) is 0.724. The minimum atomic E-state index is -0.532. The lowest BCUT2D eigenvalue weighted by molar-refractivity contribution is -0.133. The van der Waals surface area contributed by atoms with Crippen LogP contribution < -0.4 is 16.6 Å². The Morgan fingerprint density at radius 1 is 1.17 bits per heavy atom. The van der Waals surface area contributed by atoms with Gasteiger partial charge in [0.05, 0.1) is 4.47 Å². The minimum Gasteiger partial charge on any atom is -0.341 e. The Bertz CT molecular complexity index is 1120. The minimum absolute atomic E-state index is 0.0526. The zero-order chi connectivity index (χ0) is 21.4. The molecule has 3 amide bonds. The van der Waals surface area contributed by atoms with Gasteiger partial charge in [-0.25, -0.2) is 9.59 Å². The summed E-state index contributed by atoms with van der Waals surface area (Å²) in [5, 5.41) is 2.93. The number of para-hydroxylation sites is 1. The lowest BCUT2D eigenvalue weighted by Gasteiger charge is -2.40. The van der Waals surface area contributed by atoms with E-state index in [0.29, 0.717) is 32.5 Å². The molecular weight excluding hydrogens is 454 g/mol. The van der Waals surface area contributed by atoms with Gasteiger partial charge in [-0.1, -0.05) is 18.2 Å². The summed E-state index contributed by atoms with van der Waals surface area (Å²) < 4.78 is 2.43. The molecular formula is C20H22BrN5O4. The van der Waals surface area contributed by atoms with E-state index in [1.807, 2.05) is 29.2 Å². The molecule has 0 bridgehead atoms. The maximum Gasteiger partial charge on any atom is 0.331 e. The van der Waals surface area contributed by atoms with Crippen molar-refractivity contribution in [3.63, 3.8) is 0 Å². The molecule has 2 aliphatic rings. The van der Waals surface area contributed by atoms with Gasteiger partial charge in [-0.2, -0.15) is 0 Å². The molecule has 1 fully saturated rings. The van der Waals surface area contributed by atoms with E-state index in [-0.39, 0.29) is 29.0 Å². The van der Waals surface area contributed by atoms with Crippen molar-refractivity contribution in [3.8, 4) is 0 Å². The van der Waals surface area contributed by atoms with Crippen LogP contribution in [0.2, 0.25) is 0 Å². The standard InChI is InChI=1S/C20H22BrN5O4/c1-23-18(28)15(21)11-25(20(23)30)12-17(27)24-8-6-14(7-9-24)26-10-13-4-2-3-5-16(13)22-19(26)29/h2-5,11,14H,6-10,12H2,1H3,(H,22,29). The molecule has 0 aliphatic carbocycles. The molecule has 0 radical (unpaired) electrons. The predicted octanol–water partition coefficient (Wildman–Crippen LogP) is 1.35. The second kappa shape index (κ2) is 8.10. The molecule has 2 aliphatic heterocycles. The number of fused-ring (bicyclic) bond motifs is 1. The average Bonchev–Trinajstić information content (AvgIpc) is 2.75. The molecule has 10 heteroatoms. The van der Waals surface area contributed by atoms with Crippen molar-refractivity contribution >= 4 is 33.6 Å². The van der Waals surface area contributed by atoms with Gasteiger partial charge in [0.1, 0.15) is 6.54 Å². The van der Waals surface area contributed by atoms with Crippen LogP contribution in [0.1, 0.15) is 18.4 Å². The van der Waals surface area contributed by atoms with Gasteiger partial charge in [-0.05, 0) is 40.4 Å². The highest BCUT2D eigenvalue weighted by atomic mass is 79.9. The lowest BCUT2D eigenvalue weighted by atomic mass is 10.0. The van der Waals surface area contributed by atoms with Gasteiger partial charge in [-0.3, -0.25) is 18.7 Å². The summed E-state index contributed by atoms with van der Waals surface area (Å²) >= 11 is 3.12. The van der Waals surface area contributed by atoms with Crippen LogP contribution in [-0.4, -0.2) is 50.0 Å². The van der Waals surface area contributed by atoms with Crippen LogP contribution in [-0.2, 0) is 24.9 Å². The maximum atomic E-state index is 12.7. The maximum absolute atomic E-state index is 12.7. The Morgan fingerprint density at radius 2 is 1.87 bits per heavy atom. The molecule has 0 spiro atoms. The molecule has 1 aromatic heterocycles. The number of carbonyl (C=O) groups excluding carboxylic acids is 2. The topological polar surface area (TPSA) is 96.7 Å². The number of carbonyl (C=O) groups is 2. The third-order valence-electron chi connectivity index (χ3n) is 5.73. The number of nitrogens with one attached hydrogen (secondary N) is 1. The Balaban J connectivity index is 1.39. The Morgan fingerprint density at radius 3 is 2.60 bits per heavy atom. The third-order valence-corrected chi connectivity index (χ3v) is 6.28. The molecule has 2 aromatic rings. The highest BCUT2D eigenvalue weighted by molar-refractivity contribution is 9.10. The molecule has 0 saturated carbocycles. The fraction of sp³-hybridized carbons (Fsp3) is 0.400. The Hall–Kier alpha value is -2.88. The van der Waals surface area contributed by atoms with Crippen molar-refractivity contribution < 1.29 is 9.59 Å². The van der Waals surface area contributed by atoms with Crippen molar-refractivity contribution in [1.82, 2.24) is 18.9 Å². The number of halogens is 1. The first-order chi connectivity index (χ1) is 14.3. The number of nitrogens with zero attached hydrogens (tertiary/aromatic N) is 4. The van der Waals surface area contributed by atoms with Gasteiger partial charge in [-0.15, -0.1) is 0 Å². The second-order valence-corrected chi connectivity index (χ2v) is 8.43. The number of hydrogen-bond donors (Lipinski definition) is 1. The monoisotopic (exact) mass is 475 g/mol. The fourth-order valence-electron chi connectivity index (χ4n) is 3.99. The normalized spacial score (nSPS) is 16.9. The van der Waals surface area contributed by atoms with Gasteiger partial charge >= 0.3 is 11.7 Å². The van der Waals surface area contributed by atoms with E-state index in [4.69, 9.17) is 0 Å². The van der Waals surface area contributed by atoms with E-state index >= 15 is 0 Å². The van der Waals surface area contributed by atoms with Crippen molar-refractivity contribution in [3.05, 3.63) is 61.3 Å². The summed E-state index contributed by atoms with van der Waals surface area (Å²) in [6.07, 6.45) is 2.70. The molecule has 1 aromatic carbocycles. The Kier molecular flexibility index (Phi) is 5.50. The van der Waals surface area contributed by atoms with Gasteiger partial charge in [0.2, 0.25) is 5.91 Å². The zero-order valence-corrected chi connectivity index (χ0v) is 18.1. The highest BCUT2D eigenvalue weighted by Crippen LogP contribution is 2.27. The average molecular weight is 476 g/mol. The van der Waals surface area contributed by atoms with Crippen molar-refractivity contribution in [2.24, 2.45) is 7.05 Å². The first-order valence-electron chi connectivity index (χ1n) is 9.74. The predicted molar refractivity (Wildman–Crippen MR) is 114 cm³/mol. The molecule has 1 N–H and O–H groups in total. The number of hydrogen-bond acceptors (Lipinski definition) is 4. The number of aromatic nitrogens is 2. The van der Waals surface area contributed by atoms with Crippen molar-refractivity contribution in [2.45, 2.75) is 32.0 Å². The van der Waals surface area contributed by atoms with Crippen LogP contribution in [0.15, 0.2) is 44.5 Å². The molecule has 158 valence electrons. The first kappa shape index (κ1) is 20.4. The highest BCUT2D eigenvalue weighted by Gasteiger charge is 2.32. The van der Waals surface area contributed by atoms with Crippen LogP contribution >= 0.6 is 15.9 Å². The third kappa shape index (κ3) is 3.79. The van der Waals surface area contributed by atoms with Crippen molar-refractivity contribution in [1.29, 1.82) is 0 Å². The van der Waals surface area contributed by atoms with Gasteiger partial charge in [0, 0.05) is 44.6 Å². The van der Waals surface area contributed by atoms with E-state index in [9.17, 15) is 19.2 Å². The number of urea groups is 1. The largest absolute Gasteiger partial charge is 0.341 e. The summed E-state index contributed by atoms with van der Waals surface area (Å²) in [6.45, 7) is 1.45. The number of benzene rings is 1. The zero-order valence-electron chi connectivity index (χ0n) is 16.5. The van der Waals surface area contributed by atoms with Gasteiger partial charge < -0.3 is 15.1 Å². The number of likely N-dealkylation sites (tertiary alicyclic amines) is 1. The van der Waals surface area contributed by atoms with E-state index in [0.717, 1.165) is 15.8 Å². The molecule has 4 rings (SSSR count). The summed E-state index contributed by atoms with van der Waals surface area (Å²) in [4.78, 5) is 52.8. The summed E-state index contributed by atoms with van der Waals surface area (Å²) in [7, 11) is 1.38. The molecule has 1 saturated heterocycles. The van der Waals surface area contributed by atoms with Gasteiger partial charge in [0.15, 0.2) is 0 Å². The SMILES string of the molecule is Cn1c(=O)c(Br)cn(CC(=O)N2CCC(N3Cc4ccccc4NC3=O)CC2)c1=O. The summed E-state index contributed by atoms with van der Waals surface area (Å²) in [6, 6.07) is 7.69. The van der Waals surface area contributed by atoms with Crippen molar-refractivity contribution in [2.75, 3.05) is 18.4 Å². The summed E-state index contributed by atoms with van der Waals surface area (Å²) in [5.74, 6) is -0.186. The smallest absolute Gasteiger partial charge is 0.331 e. The van der Waals surface area contributed by atoms with Crippen LogP contribution in [0.3, 0.4) is 0 Å². The van der Waals surface area contributed by atoms with Gasteiger partial charge in [0.25, 0.3) is 5.56 Å². The first-order valence-corrected chi connectivity index (χ1v) is 10.5. The Labute approximate surface area is 181 Å². The molecule has 0 unspecified atom stereocenters. The molecule has 0 atom stereocenters. The van der Waals surface area contributed by atoms with Crippen LogP contribution in [0.4, 0.5) is 10.5 Å². The fourth-order valence-corrected chi connectivity index (χ4v) is 4.50. The number of amides is 3. The number of anilines is 1. The lowest BCUT2D eigenvalue weighted by Crippen LogP contribution is -2.51. The van der Waals surface area contributed by atoms with Crippen LogP contribution in [0.25, 0.3) is 0 Å². The molecule has 9 nitrogen and oxygen atoms in total.